The Labute approximate surface area is 206 Å². The van der Waals surface area contributed by atoms with Crippen LogP contribution in [0.1, 0.15) is 21.5 Å². The van der Waals surface area contributed by atoms with Crippen LogP contribution >= 0.6 is 7.29 Å². The van der Waals surface area contributed by atoms with Crippen molar-refractivity contribution in [3.8, 4) is 0 Å². The summed E-state index contributed by atoms with van der Waals surface area (Å²) in [4.78, 5) is 13.2. The number of ketones is 1. The lowest BCUT2D eigenvalue weighted by atomic mass is 10.00. The lowest BCUT2D eigenvalue weighted by Crippen LogP contribution is -2.44. The second-order valence-corrected chi connectivity index (χ2v) is 10.9. The third-order valence-electron chi connectivity index (χ3n) is 5.81. The van der Waals surface area contributed by atoms with E-state index in [0.29, 0.717) is 16.2 Å². The predicted octanol–water partition coefficient (Wildman–Crippen LogP) is 5.14. The minimum absolute atomic E-state index is 0.393. The van der Waals surface area contributed by atoms with Gasteiger partial charge in [0.05, 0.1) is 6.04 Å². The van der Waals surface area contributed by atoms with E-state index < -0.39 is 25.2 Å². The zero-order valence-corrected chi connectivity index (χ0v) is 20.4. The number of aliphatic hydroxyl groups is 1. The Morgan fingerprint density at radius 2 is 1.26 bits per heavy atom. The van der Waals surface area contributed by atoms with E-state index in [4.69, 9.17) is 0 Å². The predicted molar refractivity (Wildman–Crippen MR) is 144 cm³/mol. The average Bonchev–Trinajstić information content (AvgIpc) is 2.92. The smallest absolute Gasteiger partial charge is 0.205 e. The van der Waals surface area contributed by atoms with Gasteiger partial charge in [0.25, 0.3) is 0 Å². The molecule has 0 heterocycles. The van der Waals surface area contributed by atoms with Crippen LogP contribution in [0.3, 0.4) is 0 Å². The van der Waals surface area contributed by atoms with Gasteiger partial charge in [-0.1, -0.05) is 109 Å². The summed E-state index contributed by atoms with van der Waals surface area (Å²) in [6, 6.07) is 33.9. The Hall–Kier alpha value is -3.56. The third-order valence-corrected chi connectivity index (χ3v) is 8.52. The van der Waals surface area contributed by atoms with E-state index in [1.165, 1.54) is 0 Å². The van der Waals surface area contributed by atoms with Gasteiger partial charge in [-0.25, -0.2) is 0 Å². The molecule has 4 nitrogen and oxygen atoms in total. The minimum atomic E-state index is -3.41. The van der Waals surface area contributed by atoms with Crippen molar-refractivity contribution in [2.45, 2.75) is 19.1 Å². The number of aliphatic hydroxyl groups excluding tert-OH is 1. The van der Waals surface area contributed by atoms with Gasteiger partial charge in [-0.05, 0) is 36.8 Å². The molecule has 0 saturated heterocycles. The lowest BCUT2D eigenvalue weighted by molar-refractivity contribution is 0.0714. The molecule has 0 radical (unpaired) electrons. The molecule has 0 spiro atoms. The maximum atomic E-state index is 14.6. The largest absolute Gasteiger partial charge is 0.383 e. The van der Waals surface area contributed by atoms with E-state index in [0.717, 1.165) is 11.1 Å². The maximum Gasteiger partial charge on any atom is 0.205 e. The molecule has 4 aromatic rings. The second kappa shape index (κ2) is 11.2. The summed E-state index contributed by atoms with van der Waals surface area (Å²) in [7, 11) is -3.41. The topological polar surface area (TPSA) is 66.4 Å². The van der Waals surface area contributed by atoms with Crippen molar-refractivity contribution >= 4 is 29.8 Å². The van der Waals surface area contributed by atoms with Crippen molar-refractivity contribution in [1.82, 2.24) is 5.09 Å². The van der Waals surface area contributed by atoms with Gasteiger partial charge in [-0.15, -0.1) is 0 Å². The van der Waals surface area contributed by atoms with E-state index in [2.05, 4.69) is 5.09 Å². The van der Waals surface area contributed by atoms with Crippen LogP contribution in [0.25, 0.3) is 6.08 Å². The highest BCUT2D eigenvalue weighted by Gasteiger charge is 2.34. The molecule has 2 atom stereocenters. The van der Waals surface area contributed by atoms with Gasteiger partial charge >= 0.3 is 0 Å². The number of hydrogen-bond acceptors (Lipinski definition) is 3. The normalized spacial score (nSPS) is 13.4. The number of aryl methyl sites for hydroxylation is 1. The van der Waals surface area contributed by atoms with Crippen LogP contribution < -0.4 is 15.7 Å². The summed E-state index contributed by atoms with van der Waals surface area (Å²) in [5, 5.41) is 15.6. The first-order chi connectivity index (χ1) is 17.0. The molecule has 0 amide bonds. The van der Waals surface area contributed by atoms with Gasteiger partial charge < -0.3 is 5.11 Å². The Balaban J connectivity index is 1.75. The van der Waals surface area contributed by atoms with Crippen LogP contribution in [0.4, 0.5) is 0 Å². The molecular weight excluding hydrogens is 453 g/mol. The van der Waals surface area contributed by atoms with E-state index in [-0.39, 0.29) is 0 Å². The lowest BCUT2D eigenvalue weighted by Gasteiger charge is -2.28. The maximum absolute atomic E-state index is 14.6. The Kier molecular flexibility index (Phi) is 7.89. The number of carbonyl (C=O) groups is 1. The molecule has 0 aromatic heterocycles. The highest BCUT2D eigenvalue weighted by molar-refractivity contribution is 7.77. The number of nitrogens with one attached hydrogen (secondary N) is 1. The zero-order valence-electron chi connectivity index (χ0n) is 19.5. The fourth-order valence-electron chi connectivity index (χ4n) is 3.83. The summed E-state index contributed by atoms with van der Waals surface area (Å²) < 4.78 is 14.6. The number of carbonyl (C=O) groups excluding carboxylic acids is 1. The van der Waals surface area contributed by atoms with E-state index in [1.807, 2.05) is 79.7 Å². The molecule has 0 bridgehead atoms. The summed E-state index contributed by atoms with van der Waals surface area (Å²) >= 11 is 0. The quantitative estimate of drug-likeness (QED) is 0.257. The summed E-state index contributed by atoms with van der Waals surface area (Å²) in [6.45, 7) is 2.01. The zero-order chi connectivity index (χ0) is 24.7. The van der Waals surface area contributed by atoms with Gasteiger partial charge in [0, 0.05) is 16.2 Å². The molecule has 0 unspecified atom stereocenters. The molecule has 0 aliphatic heterocycles. The molecule has 4 aromatic carbocycles. The molecule has 0 aliphatic rings. The minimum Gasteiger partial charge on any atom is -0.383 e. The van der Waals surface area contributed by atoms with E-state index in [9.17, 15) is 14.5 Å². The first-order valence-corrected chi connectivity index (χ1v) is 13.2. The molecule has 176 valence electrons. The van der Waals surface area contributed by atoms with Crippen LogP contribution in [0.15, 0.2) is 121 Å². The van der Waals surface area contributed by atoms with Crippen LogP contribution in [-0.2, 0) is 4.57 Å². The first-order valence-electron chi connectivity index (χ1n) is 11.5. The van der Waals surface area contributed by atoms with Crippen molar-refractivity contribution in [2.75, 3.05) is 0 Å². The standard InChI is InChI=1S/C30H28NO3P/c1-23-17-19-24(20-18-23)21-22-28(30(33)29(32)25-11-5-2-6-12-25)31-35(34,26-13-7-3-8-14-26)27-15-9-4-10-16-27/h2-22,28,30,33H,1H3,(H,31,34)/b22-21+/t28-,30+/m0/s1. The van der Waals surface area contributed by atoms with Gasteiger partial charge in [0.1, 0.15) is 6.10 Å². The molecule has 0 aliphatic carbocycles. The fraction of sp³-hybridized carbons (Fsp3) is 0.100. The van der Waals surface area contributed by atoms with Crippen LogP contribution in [0.2, 0.25) is 0 Å². The summed E-state index contributed by atoms with van der Waals surface area (Å²) in [5.74, 6) is -0.440. The van der Waals surface area contributed by atoms with Gasteiger partial charge in [-0.3, -0.25) is 14.4 Å². The summed E-state index contributed by atoms with van der Waals surface area (Å²) in [6.07, 6.45) is 2.10. The van der Waals surface area contributed by atoms with Crippen molar-refractivity contribution in [3.05, 3.63) is 138 Å². The molecule has 0 fully saturated rings. The molecule has 2 N–H and O–H groups in total. The highest BCUT2D eigenvalue weighted by atomic mass is 31.2. The summed E-state index contributed by atoms with van der Waals surface area (Å²) in [5.41, 5.74) is 2.44. The van der Waals surface area contributed by atoms with Gasteiger partial charge in [0.2, 0.25) is 7.29 Å². The van der Waals surface area contributed by atoms with Crippen molar-refractivity contribution in [3.63, 3.8) is 0 Å². The molecular formula is C30H28NO3P. The molecule has 35 heavy (non-hydrogen) atoms. The van der Waals surface area contributed by atoms with Gasteiger partial charge in [-0.2, -0.15) is 0 Å². The Morgan fingerprint density at radius 1 is 0.771 bits per heavy atom. The van der Waals surface area contributed by atoms with E-state index in [1.54, 1.807) is 54.6 Å². The van der Waals surface area contributed by atoms with E-state index >= 15 is 0 Å². The Bertz CT molecular complexity index is 1280. The molecule has 0 saturated carbocycles. The fourth-order valence-corrected chi connectivity index (χ4v) is 6.26. The average molecular weight is 482 g/mol. The Morgan fingerprint density at radius 3 is 1.77 bits per heavy atom. The SMILES string of the molecule is Cc1ccc(/C=C/[C@H](NP(=O)(c2ccccc2)c2ccccc2)[C@@H](O)C(=O)c2ccccc2)cc1. The van der Waals surface area contributed by atoms with Crippen LogP contribution in [0, 0.1) is 6.92 Å². The van der Waals surface area contributed by atoms with Crippen molar-refractivity contribution in [2.24, 2.45) is 0 Å². The monoisotopic (exact) mass is 481 g/mol. The number of rotatable bonds is 9. The van der Waals surface area contributed by atoms with Gasteiger partial charge in [0.15, 0.2) is 5.78 Å². The first kappa shape index (κ1) is 24.6. The number of Topliss-reactive ketones (excluding diaryl/α,β-unsaturated/α-hetero) is 1. The number of hydrogen-bond donors (Lipinski definition) is 2. The molecule has 5 heteroatoms. The second-order valence-electron chi connectivity index (χ2n) is 8.38. The third kappa shape index (κ3) is 5.93. The molecule has 4 rings (SSSR count). The number of benzene rings is 4. The highest BCUT2D eigenvalue weighted by Crippen LogP contribution is 2.40. The van der Waals surface area contributed by atoms with Crippen molar-refractivity contribution < 1.29 is 14.5 Å². The van der Waals surface area contributed by atoms with Crippen molar-refractivity contribution in [1.29, 1.82) is 0 Å². The van der Waals surface area contributed by atoms with Crippen LogP contribution in [0.5, 0.6) is 0 Å². The van der Waals surface area contributed by atoms with Crippen LogP contribution in [-0.4, -0.2) is 23.0 Å².